The van der Waals surface area contributed by atoms with Gasteiger partial charge in [-0.3, -0.25) is 9.55 Å². The standard InChI is InChI=1S/C28H27N3O3S/c1-3-35(32,33)23-11-4-10-22(17-23)31-27-24(25-16-20(2)18-30-28(25)31)12-5-13-26(27)34-15-7-9-21-8-6-14-29-19-21/h4-6,8,10-14,16-19H,3,7,9,15H2,1-2H3. The number of para-hydroxylation sites is 1. The summed E-state index contributed by atoms with van der Waals surface area (Å²) in [4.78, 5) is 9.21. The summed E-state index contributed by atoms with van der Waals surface area (Å²) in [6.45, 7) is 4.22. The minimum absolute atomic E-state index is 0.0480. The average Bonchev–Trinajstić information content (AvgIpc) is 3.21. The molecule has 0 radical (unpaired) electrons. The van der Waals surface area contributed by atoms with Crippen molar-refractivity contribution in [3.05, 3.63) is 90.4 Å². The van der Waals surface area contributed by atoms with Gasteiger partial charge in [0.1, 0.15) is 11.4 Å². The number of nitrogens with zero attached hydrogens (tertiary/aromatic N) is 3. The van der Waals surface area contributed by atoms with E-state index in [9.17, 15) is 8.42 Å². The second-order valence-corrected chi connectivity index (χ2v) is 10.9. The lowest BCUT2D eigenvalue weighted by molar-refractivity contribution is 0.314. The largest absolute Gasteiger partial charge is 0.491 e. The smallest absolute Gasteiger partial charge is 0.178 e. The first kappa shape index (κ1) is 23.1. The van der Waals surface area contributed by atoms with Gasteiger partial charge in [-0.25, -0.2) is 13.4 Å². The maximum absolute atomic E-state index is 12.6. The number of pyridine rings is 2. The van der Waals surface area contributed by atoms with Crippen LogP contribution in [-0.2, 0) is 16.3 Å². The zero-order valence-corrected chi connectivity index (χ0v) is 20.6. The van der Waals surface area contributed by atoms with Crippen LogP contribution in [0.25, 0.3) is 27.6 Å². The van der Waals surface area contributed by atoms with E-state index in [1.165, 1.54) is 5.56 Å². The molecule has 0 saturated carbocycles. The fourth-order valence-corrected chi connectivity index (χ4v) is 5.29. The highest BCUT2D eigenvalue weighted by Gasteiger charge is 2.19. The molecule has 178 valence electrons. The van der Waals surface area contributed by atoms with Crippen molar-refractivity contribution in [2.45, 2.75) is 31.6 Å². The molecule has 0 bridgehead atoms. The van der Waals surface area contributed by atoms with Gasteiger partial charge in [-0.1, -0.05) is 31.2 Å². The molecule has 0 aliphatic rings. The molecule has 35 heavy (non-hydrogen) atoms. The molecule has 7 heteroatoms. The molecule has 5 rings (SSSR count). The summed E-state index contributed by atoms with van der Waals surface area (Å²) in [5, 5.41) is 2.02. The molecule has 0 amide bonds. The third kappa shape index (κ3) is 4.51. The summed E-state index contributed by atoms with van der Waals surface area (Å²) in [6.07, 6.45) is 7.22. The second kappa shape index (κ2) is 9.50. The lowest BCUT2D eigenvalue weighted by Gasteiger charge is -2.13. The van der Waals surface area contributed by atoms with Crippen molar-refractivity contribution in [3.63, 3.8) is 0 Å². The summed E-state index contributed by atoms with van der Waals surface area (Å²) >= 11 is 0. The number of aromatic nitrogens is 3. The van der Waals surface area contributed by atoms with E-state index < -0.39 is 9.84 Å². The van der Waals surface area contributed by atoms with Gasteiger partial charge in [0.25, 0.3) is 0 Å². The highest BCUT2D eigenvalue weighted by Crippen LogP contribution is 2.37. The van der Waals surface area contributed by atoms with Crippen LogP contribution in [0.15, 0.2) is 84.1 Å². The van der Waals surface area contributed by atoms with Crippen molar-refractivity contribution in [1.82, 2.24) is 14.5 Å². The first-order valence-electron chi connectivity index (χ1n) is 11.7. The predicted molar refractivity (Wildman–Crippen MR) is 139 cm³/mol. The van der Waals surface area contributed by atoms with Crippen LogP contribution in [-0.4, -0.2) is 35.3 Å². The van der Waals surface area contributed by atoms with Crippen molar-refractivity contribution in [1.29, 1.82) is 0 Å². The normalized spacial score (nSPS) is 11.8. The summed E-state index contributed by atoms with van der Waals surface area (Å²) in [5.41, 5.74) is 4.62. The van der Waals surface area contributed by atoms with Crippen LogP contribution in [0.4, 0.5) is 0 Å². The van der Waals surface area contributed by atoms with Gasteiger partial charge in [0.2, 0.25) is 0 Å². The molecule has 3 heterocycles. The Morgan fingerprint density at radius 2 is 1.83 bits per heavy atom. The zero-order valence-electron chi connectivity index (χ0n) is 19.8. The van der Waals surface area contributed by atoms with Crippen LogP contribution in [0.2, 0.25) is 0 Å². The molecule has 2 aromatic carbocycles. The molecule has 0 spiro atoms. The minimum Gasteiger partial charge on any atom is -0.491 e. The van der Waals surface area contributed by atoms with Crippen molar-refractivity contribution in [2.75, 3.05) is 12.4 Å². The number of benzene rings is 2. The van der Waals surface area contributed by atoms with Crippen molar-refractivity contribution >= 4 is 31.8 Å². The number of hydrogen-bond donors (Lipinski definition) is 0. The zero-order chi connectivity index (χ0) is 24.4. The quantitative estimate of drug-likeness (QED) is 0.264. The van der Waals surface area contributed by atoms with Gasteiger partial charge in [-0.05, 0) is 67.3 Å². The molecule has 3 aromatic heterocycles. The Morgan fingerprint density at radius 1 is 0.971 bits per heavy atom. The Balaban J connectivity index is 1.60. The van der Waals surface area contributed by atoms with Gasteiger partial charge < -0.3 is 4.74 Å². The van der Waals surface area contributed by atoms with Crippen molar-refractivity contribution in [2.24, 2.45) is 0 Å². The fourth-order valence-electron chi connectivity index (χ4n) is 4.37. The van der Waals surface area contributed by atoms with Gasteiger partial charge >= 0.3 is 0 Å². The van der Waals surface area contributed by atoms with Crippen LogP contribution >= 0.6 is 0 Å². The Kier molecular flexibility index (Phi) is 6.26. The highest BCUT2D eigenvalue weighted by molar-refractivity contribution is 7.91. The van der Waals surface area contributed by atoms with Gasteiger partial charge in [0.15, 0.2) is 9.84 Å². The monoisotopic (exact) mass is 485 g/mol. The van der Waals surface area contributed by atoms with Crippen LogP contribution in [0.1, 0.15) is 24.5 Å². The van der Waals surface area contributed by atoms with Crippen molar-refractivity contribution in [3.8, 4) is 11.4 Å². The van der Waals surface area contributed by atoms with E-state index in [1.54, 1.807) is 31.3 Å². The third-order valence-corrected chi connectivity index (χ3v) is 7.87. The van der Waals surface area contributed by atoms with Gasteiger partial charge in [0.05, 0.1) is 22.8 Å². The molecular formula is C28H27N3O3S. The molecule has 5 aromatic rings. The maximum Gasteiger partial charge on any atom is 0.178 e. The van der Waals surface area contributed by atoms with Gasteiger partial charge in [-0.15, -0.1) is 0 Å². The highest BCUT2D eigenvalue weighted by atomic mass is 32.2. The summed E-state index contributed by atoms with van der Waals surface area (Å²) in [5.74, 6) is 0.792. The second-order valence-electron chi connectivity index (χ2n) is 8.59. The average molecular weight is 486 g/mol. The van der Waals surface area contributed by atoms with Crippen LogP contribution in [0.3, 0.4) is 0 Å². The van der Waals surface area contributed by atoms with Gasteiger partial charge in [-0.2, -0.15) is 0 Å². The maximum atomic E-state index is 12.6. The summed E-state index contributed by atoms with van der Waals surface area (Å²) < 4.78 is 33.5. The third-order valence-electron chi connectivity index (χ3n) is 6.13. The SMILES string of the molecule is CCS(=O)(=O)c1cccc(-n2c3ncc(C)cc3c3cccc(OCCCc4cccnc4)c32)c1. The van der Waals surface area contributed by atoms with Crippen LogP contribution in [0.5, 0.6) is 5.75 Å². The Labute approximate surface area is 205 Å². The summed E-state index contributed by atoms with van der Waals surface area (Å²) in [6, 6.07) is 19.2. The Hall–Kier alpha value is -3.71. The number of hydrogen-bond acceptors (Lipinski definition) is 5. The number of rotatable bonds is 8. The molecule has 0 aliphatic carbocycles. The molecule has 0 atom stereocenters. The lowest BCUT2D eigenvalue weighted by Crippen LogP contribution is -2.06. The summed E-state index contributed by atoms with van der Waals surface area (Å²) in [7, 11) is -3.35. The Morgan fingerprint density at radius 3 is 2.63 bits per heavy atom. The number of aryl methyl sites for hydroxylation is 2. The van der Waals surface area contributed by atoms with Crippen LogP contribution in [0, 0.1) is 6.92 Å². The fraction of sp³-hybridized carbons (Fsp3) is 0.214. The number of sulfone groups is 1. The van der Waals surface area contributed by atoms with E-state index in [1.807, 2.05) is 48.1 Å². The van der Waals surface area contributed by atoms with Crippen LogP contribution < -0.4 is 4.74 Å². The van der Waals surface area contributed by atoms with E-state index >= 15 is 0 Å². The first-order chi connectivity index (χ1) is 17.0. The molecule has 0 unspecified atom stereocenters. The molecule has 0 saturated heterocycles. The van der Waals surface area contributed by atoms with E-state index in [0.717, 1.165) is 51.8 Å². The minimum atomic E-state index is -3.35. The lowest BCUT2D eigenvalue weighted by atomic mass is 10.1. The van der Waals surface area contributed by atoms with Gasteiger partial charge in [0, 0.05) is 35.1 Å². The predicted octanol–water partition coefficient (Wildman–Crippen LogP) is 5.69. The number of fused-ring (bicyclic) bond motifs is 3. The Bertz CT molecular complexity index is 1610. The van der Waals surface area contributed by atoms with E-state index in [4.69, 9.17) is 9.72 Å². The van der Waals surface area contributed by atoms with E-state index in [0.29, 0.717) is 11.5 Å². The molecule has 6 nitrogen and oxygen atoms in total. The topological polar surface area (TPSA) is 74.1 Å². The molecule has 0 aliphatic heterocycles. The molecular weight excluding hydrogens is 458 g/mol. The molecule has 0 fully saturated rings. The van der Waals surface area contributed by atoms with E-state index in [2.05, 4.69) is 23.2 Å². The van der Waals surface area contributed by atoms with Crippen molar-refractivity contribution < 1.29 is 13.2 Å². The first-order valence-corrected chi connectivity index (χ1v) is 13.4. The molecule has 0 N–H and O–H groups in total. The number of ether oxygens (including phenoxy) is 1. The van der Waals surface area contributed by atoms with E-state index in [-0.39, 0.29) is 5.75 Å².